The Bertz CT molecular complexity index is 3200. The zero-order valence-corrected chi connectivity index (χ0v) is 27.9. The van der Waals surface area contributed by atoms with Crippen molar-refractivity contribution in [3.8, 4) is 44.6 Å². The molecule has 0 aliphatic rings. The topological polar surface area (TPSA) is 52.1 Å². The highest BCUT2D eigenvalue weighted by Crippen LogP contribution is 2.38. The molecule has 4 nitrogen and oxygen atoms in total. The van der Waals surface area contributed by atoms with E-state index in [4.69, 9.17) is 18.8 Å². The van der Waals surface area contributed by atoms with Crippen LogP contribution in [0.5, 0.6) is 0 Å². The molecule has 0 radical (unpaired) electrons. The minimum Gasteiger partial charge on any atom is -0.456 e. The van der Waals surface area contributed by atoms with Crippen molar-refractivity contribution in [2.45, 2.75) is 0 Å². The van der Waals surface area contributed by atoms with Crippen LogP contribution in [0.4, 0.5) is 0 Å². The summed E-state index contributed by atoms with van der Waals surface area (Å²) in [5.41, 5.74) is 13.5. The Labute approximate surface area is 298 Å². The zero-order chi connectivity index (χ0) is 34.2. The molecule has 8 aromatic carbocycles. The van der Waals surface area contributed by atoms with Crippen LogP contribution >= 0.6 is 0 Å². The first-order chi connectivity index (χ1) is 25.7. The number of nitrogens with zero attached hydrogens (tertiary/aromatic N) is 2. The van der Waals surface area contributed by atoms with E-state index in [1.54, 1.807) is 6.33 Å². The van der Waals surface area contributed by atoms with Crippen LogP contribution < -0.4 is 0 Å². The van der Waals surface area contributed by atoms with Crippen LogP contribution in [0.15, 0.2) is 179 Å². The van der Waals surface area contributed by atoms with Crippen molar-refractivity contribution < 1.29 is 8.83 Å². The lowest BCUT2D eigenvalue weighted by Crippen LogP contribution is -1.91. The molecule has 3 aromatic heterocycles. The third-order valence-corrected chi connectivity index (χ3v) is 10.4. The molecule has 0 unspecified atom stereocenters. The predicted octanol–water partition coefficient (Wildman–Crippen LogP) is 13.2. The zero-order valence-electron chi connectivity index (χ0n) is 27.9. The van der Waals surface area contributed by atoms with Crippen molar-refractivity contribution in [1.29, 1.82) is 0 Å². The highest BCUT2D eigenvalue weighted by Gasteiger charge is 2.14. The van der Waals surface area contributed by atoms with E-state index < -0.39 is 0 Å². The average Bonchev–Trinajstić information content (AvgIpc) is 3.78. The van der Waals surface area contributed by atoms with Crippen LogP contribution in [0, 0.1) is 0 Å². The van der Waals surface area contributed by atoms with Crippen LogP contribution in [0.1, 0.15) is 0 Å². The summed E-state index contributed by atoms with van der Waals surface area (Å²) in [6.07, 6.45) is 1.69. The van der Waals surface area contributed by atoms with Crippen molar-refractivity contribution in [2.24, 2.45) is 0 Å². The molecule has 0 amide bonds. The molecule has 0 aliphatic heterocycles. The van der Waals surface area contributed by atoms with Gasteiger partial charge in [-0.05, 0) is 99.4 Å². The van der Waals surface area contributed by atoms with Crippen molar-refractivity contribution in [1.82, 2.24) is 9.97 Å². The summed E-state index contributed by atoms with van der Waals surface area (Å²) in [6.45, 7) is 0. The molecular formula is C48H28N2O2. The van der Waals surface area contributed by atoms with Gasteiger partial charge in [0.05, 0.1) is 11.2 Å². The van der Waals surface area contributed by atoms with Crippen molar-refractivity contribution in [3.05, 3.63) is 170 Å². The summed E-state index contributed by atoms with van der Waals surface area (Å²) in [5, 5.41) is 7.79. The van der Waals surface area contributed by atoms with Crippen LogP contribution in [0.2, 0.25) is 0 Å². The molecule has 0 spiro atoms. The summed E-state index contributed by atoms with van der Waals surface area (Å²) < 4.78 is 12.2. The number of hydrogen-bond acceptors (Lipinski definition) is 4. The molecule has 0 saturated heterocycles. The van der Waals surface area contributed by atoms with Crippen molar-refractivity contribution in [2.75, 3.05) is 0 Å². The minimum atomic E-state index is 0.895. The van der Waals surface area contributed by atoms with E-state index in [1.165, 1.54) is 11.1 Å². The van der Waals surface area contributed by atoms with E-state index in [-0.39, 0.29) is 0 Å². The molecule has 52 heavy (non-hydrogen) atoms. The normalized spacial score (nSPS) is 11.8. The third-order valence-electron chi connectivity index (χ3n) is 10.4. The van der Waals surface area contributed by atoms with Gasteiger partial charge in [0.25, 0.3) is 0 Å². The molecule has 3 heterocycles. The summed E-state index contributed by atoms with van der Waals surface area (Å²) in [7, 11) is 0. The Morgan fingerprint density at radius 1 is 0.308 bits per heavy atom. The Morgan fingerprint density at radius 3 is 1.46 bits per heavy atom. The molecular weight excluding hydrogens is 637 g/mol. The number of benzene rings is 8. The third kappa shape index (κ3) is 4.55. The quantitative estimate of drug-likeness (QED) is 0.176. The van der Waals surface area contributed by atoms with Gasteiger partial charge < -0.3 is 8.83 Å². The second-order valence-corrected chi connectivity index (χ2v) is 13.4. The van der Waals surface area contributed by atoms with Gasteiger partial charge in [0.2, 0.25) is 0 Å². The lowest BCUT2D eigenvalue weighted by molar-refractivity contribution is 0.668. The monoisotopic (exact) mass is 664 g/mol. The fourth-order valence-corrected chi connectivity index (χ4v) is 7.80. The van der Waals surface area contributed by atoms with Gasteiger partial charge in [-0.15, -0.1) is 0 Å². The number of para-hydroxylation sites is 2. The maximum atomic E-state index is 6.08. The first-order valence-corrected chi connectivity index (χ1v) is 17.5. The van der Waals surface area contributed by atoms with Gasteiger partial charge in [0, 0.05) is 37.9 Å². The molecule has 0 saturated carbocycles. The van der Waals surface area contributed by atoms with Gasteiger partial charge >= 0.3 is 0 Å². The fraction of sp³-hybridized carbons (Fsp3) is 0. The maximum absolute atomic E-state index is 6.08. The molecule has 11 rings (SSSR count). The number of hydrogen-bond donors (Lipinski definition) is 0. The number of rotatable bonds is 4. The number of aromatic nitrogens is 2. The van der Waals surface area contributed by atoms with Crippen LogP contribution in [0.25, 0.3) is 110 Å². The summed E-state index contributed by atoms with van der Waals surface area (Å²) in [4.78, 5) is 9.61. The minimum absolute atomic E-state index is 0.895. The predicted molar refractivity (Wildman–Crippen MR) is 213 cm³/mol. The Morgan fingerprint density at radius 2 is 0.808 bits per heavy atom. The summed E-state index contributed by atoms with van der Waals surface area (Å²) >= 11 is 0. The molecule has 242 valence electrons. The van der Waals surface area contributed by atoms with Gasteiger partial charge in [-0.3, -0.25) is 0 Å². The van der Waals surface area contributed by atoms with Crippen LogP contribution in [-0.2, 0) is 0 Å². The number of furan rings is 2. The lowest BCUT2D eigenvalue weighted by Gasteiger charge is -2.11. The van der Waals surface area contributed by atoms with E-state index in [0.29, 0.717) is 0 Å². The van der Waals surface area contributed by atoms with Gasteiger partial charge in [-0.2, -0.15) is 0 Å². The lowest BCUT2D eigenvalue weighted by atomic mass is 9.95. The molecule has 11 aromatic rings. The summed E-state index contributed by atoms with van der Waals surface area (Å²) in [6, 6.07) is 57.7. The maximum Gasteiger partial charge on any atom is 0.135 e. The van der Waals surface area contributed by atoms with E-state index in [9.17, 15) is 0 Å². The van der Waals surface area contributed by atoms with Crippen molar-refractivity contribution in [3.63, 3.8) is 0 Å². The first kappa shape index (κ1) is 28.8. The highest BCUT2D eigenvalue weighted by atomic mass is 16.3. The molecule has 0 bridgehead atoms. The Kier molecular flexibility index (Phi) is 6.22. The van der Waals surface area contributed by atoms with Gasteiger partial charge in [0.15, 0.2) is 0 Å². The molecule has 0 N–H and O–H groups in total. The smallest absolute Gasteiger partial charge is 0.135 e. The largest absolute Gasteiger partial charge is 0.456 e. The SMILES string of the molecule is c1cc(-c2ccc3c(ccc4c(-c5cccc(-c6ccc7oc8ccccc8c7c6)c5)ncnc43)c2)cc(-c2ccc3oc4ccccc4c3c2)c1. The van der Waals surface area contributed by atoms with Gasteiger partial charge in [-0.25, -0.2) is 9.97 Å². The Hall–Kier alpha value is -7.04. The fourth-order valence-electron chi connectivity index (χ4n) is 7.80. The second kappa shape index (κ2) is 11.2. The molecule has 4 heteroatoms. The van der Waals surface area contributed by atoms with Gasteiger partial charge in [-0.1, -0.05) is 103 Å². The molecule has 0 fully saturated rings. The average molecular weight is 665 g/mol. The standard InChI is InChI=1S/C48H28N2O2/c1-3-13-43-38(11-1)41-26-33(17-21-45(41)51-43)30-8-5-7-29(23-30)32-15-19-37-35(24-32)16-20-40-47(49-28-50-48(37)40)36-10-6-9-31(25-36)34-18-22-46-42(27-34)39-12-2-4-14-44(39)52-46/h1-28H. The van der Waals surface area contributed by atoms with E-state index >= 15 is 0 Å². The van der Waals surface area contributed by atoms with E-state index in [2.05, 4.69) is 140 Å². The van der Waals surface area contributed by atoms with Crippen LogP contribution in [0.3, 0.4) is 0 Å². The van der Waals surface area contributed by atoms with E-state index in [1.807, 2.05) is 24.3 Å². The molecule has 0 atom stereocenters. The van der Waals surface area contributed by atoms with Gasteiger partial charge in [0.1, 0.15) is 28.7 Å². The van der Waals surface area contributed by atoms with Crippen molar-refractivity contribution >= 4 is 65.6 Å². The second-order valence-electron chi connectivity index (χ2n) is 13.4. The number of fused-ring (bicyclic) bond motifs is 9. The highest BCUT2D eigenvalue weighted by molar-refractivity contribution is 6.11. The molecule has 0 aliphatic carbocycles. The van der Waals surface area contributed by atoms with E-state index in [0.717, 1.165) is 99.1 Å². The van der Waals surface area contributed by atoms with Crippen LogP contribution in [-0.4, -0.2) is 9.97 Å². The first-order valence-electron chi connectivity index (χ1n) is 17.5. The Balaban J connectivity index is 0.956. The summed E-state index contributed by atoms with van der Waals surface area (Å²) in [5.74, 6) is 0.